The summed E-state index contributed by atoms with van der Waals surface area (Å²) in [5, 5.41) is 9.05. The summed E-state index contributed by atoms with van der Waals surface area (Å²) in [5.41, 5.74) is -0.710. The van der Waals surface area contributed by atoms with Gasteiger partial charge < -0.3 is 10.0 Å². The molecule has 0 aromatic rings. The van der Waals surface area contributed by atoms with Crippen molar-refractivity contribution in [3.8, 4) is 0 Å². The Morgan fingerprint density at radius 1 is 1.32 bits per heavy atom. The smallest absolute Gasteiger partial charge is 0.326 e. The second kappa shape index (κ2) is 6.17. The number of unbranched alkanes of at least 4 members (excludes halogenated alkanes) is 1. The molecule has 1 rings (SSSR count). The van der Waals surface area contributed by atoms with Crippen LogP contribution in [-0.4, -0.2) is 40.3 Å². The van der Waals surface area contributed by atoms with E-state index >= 15 is 0 Å². The van der Waals surface area contributed by atoms with E-state index < -0.39 is 29.1 Å². The molecule has 0 aromatic carbocycles. The molecular formula is C14H23NO4. The molecule has 0 bridgehead atoms. The van der Waals surface area contributed by atoms with Gasteiger partial charge in [-0.15, -0.1) is 0 Å². The maximum Gasteiger partial charge on any atom is 0.326 e. The highest BCUT2D eigenvalue weighted by molar-refractivity contribution is 6.38. The number of carbonyl (C=O) groups excluding carboxylic acids is 2. The van der Waals surface area contributed by atoms with E-state index in [4.69, 9.17) is 5.11 Å². The minimum Gasteiger partial charge on any atom is -0.480 e. The van der Waals surface area contributed by atoms with Gasteiger partial charge in [0.1, 0.15) is 6.04 Å². The van der Waals surface area contributed by atoms with Crippen LogP contribution in [0, 0.1) is 5.41 Å². The third-order valence-corrected chi connectivity index (χ3v) is 3.76. The Hall–Kier alpha value is -1.39. The minimum absolute atomic E-state index is 0.366. The minimum atomic E-state index is -1.02. The average molecular weight is 269 g/mol. The largest absolute Gasteiger partial charge is 0.480 e. The number of Topliss-reactive ketones (excluding diaryl/α,β-unsaturated/α-hetero) is 1. The summed E-state index contributed by atoms with van der Waals surface area (Å²) in [7, 11) is 0. The van der Waals surface area contributed by atoms with Gasteiger partial charge in [0.2, 0.25) is 5.78 Å². The van der Waals surface area contributed by atoms with Crippen molar-refractivity contribution in [1.29, 1.82) is 0 Å². The number of likely N-dealkylation sites (tertiary alicyclic amines) is 1. The second-order valence-corrected chi connectivity index (χ2v) is 5.81. The molecule has 1 aliphatic heterocycles. The summed E-state index contributed by atoms with van der Waals surface area (Å²) in [6.07, 6.45) is 3.58. The standard InChI is InChI=1S/C14H23NO4/c1-4-5-8-14(2,3)11(16)12(17)15-9-6-7-10(15)13(18)19/h10H,4-9H2,1-3H3,(H,18,19)/t10-/m0/s1. The van der Waals surface area contributed by atoms with Crippen LogP contribution in [0.1, 0.15) is 52.9 Å². The molecule has 1 aliphatic rings. The first-order chi connectivity index (χ1) is 8.81. The Morgan fingerprint density at radius 3 is 2.47 bits per heavy atom. The lowest BCUT2D eigenvalue weighted by atomic mass is 9.82. The van der Waals surface area contributed by atoms with Crippen molar-refractivity contribution in [3.63, 3.8) is 0 Å². The van der Waals surface area contributed by atoms with Crippen LogP contribution in [0.4, 0.5) is 0 Å². The van der Waals surface area contributed by atoms with Gasteiger partial charge in [0.15, 0.2) is 0 Å². The van der Waals surface area contributed by atoms with Crippen LogP contribution in [0.15, 0.2) is 0 Å². The summed E-state index contributed by atoms with van der Waals surface area (Å²) in [6, 6.07) is -0.835. The van der Waals surface area contributed by atoms with Gasteiger partial charge in [0, 0.05) is 12.0 Å². The highest BCUT2D eigenvalue weighted by Crippen LogP contribution is 2.27. The molecule has 19 heavy (non-hydrogen) atoms. The molecule has 1 atom stereocenters. The Morgan fingerprint density at radius 2 is 1.95 bits per heavy atom. The van der Waals surface area contributed by atoms with Crippen LogP contribution in [0.3, 0.4) is 0 Å². The summed E-state index contributed by atoms with van der Waals surface area (Å²) in [6.45, 7) is 5.91. The molecule has 0 radical (unpaired) electrons. The monoisotopic (exact) mass is 269 g/mol. The molecule has 0 unspecified atom stereocenters. The number of hydrogen-bond donors (Lipinski definition) is 1. The number of carboxylic acids is 1. The third-order valence-electron chi connectivity index (χ3n) is 3.76. The number of ketones is 1. The molecule has 1 amide bonds. The third kappa shape index (κ3) is 3.55. The van der Waals surface area contributed by atoms with Gasteiger partial charge in [-0.05, 0) is 19.3 Å². The normalized spacial score (nSPS) is 19.5. The van der Waals surface area contributed by atoms with Crippen LogP contribution in [-0.2, 0) is 14.4 Å². The van der Waals surface area contributed by atoms with Crippen molar-refractivity contribution in [1.82, 2.24) is 4.90 Å². The van der Waals surface area contributed by atoms with Crippen LogP contribution < -0.4 is 0 Å². The molecule has 5 nitrogen and oxygen atoms in total. The first-order valence-electron chi connectivity index (χ1n) is 6.89. The Labute approximate surface area is 114 Å². The molecule has 0 aliphatic carbocycles. The number of nitrogens with zero attached hydrogens (tertiary/aromatic N) is 1. The number of carboxylic acid groups (broad SMARTS) is 1. The molecule has 0 aromatic heterocycles. The summed E-state index contributed by atoms with van der Waals surface area (Å²) < 4.78 is 0. The van der Waals surface area contributed by atoms with Gasteiger partial charge in [0.05, 0.1) is 0 Å². The van der Waals surface area contributed by atoms with E-state index in [0.29, 0.717) is 25.8 Å². The highest BCUT2D eigenvalue weighted by Gasteiger charge is 2.41. The van der Waals surface area contributed by atoms with Gasteiger partial charge in [0.25, 0.3) is 5.91 Å². The van der Waals surface area contributed by atoms with E-state index in [9.17, 15) is 14.4 Å². The van der Waals surface area contributed by atoms with E-state index in [0.717, 1.165) is 12.8 Å². The van der Waals surface area contributed by atoms with Crippen LogP contribution >= 0.6 is 0 Å². The van der Waals surface area contributed by atoms with Crippen molar-refractivity contribution >= 4 is 17.7 Å². The maximum absolute atomic E-state index is 12.2. The van der Waals surface area contributed by atoms with Crippen molar-refractivity contribution in [2.45, 2.75) is 58.9 Å². The summed E-state index contributed by atoms with van der Waals surface area (Å²) in [5.74, 6) is -2.12. The van der Waals surface area contributed by atoms with Gasteiger partial charge in [-0.2, -0.15) is 0 Å². The first kappa shape index (κ1) is 15.7. The van der Waals surface area contributed by atoms with E-state index in [2.05, 4.69) is 0 Å². The molecule has 108 valence electrons. The maximum atomic E-state index is 12.2. The zero-order valence-corrected chi connectivity index (χ0v) is 11.9. The Balaban J connectivity index is 2.76. The molecule has 1 N–H and O–H groups in total. The lowest BCUT2D eigenvalue weighted by Gasteiger charge is -2.27. The highest BCUT2D eigenvalue weighted by atomic mass is 16.4. The van der Waals surface area contributed by atoms with Crippen molar-refractivity contribution in [3.05, 3.63) is 0 Å². The predicted octanol–water partition coefficient (Wildman–Crippen LogP) is 1.85. The van der Waals surface area contributed by atoms with Gasteiger partial charge in [-0.1, -0.05) is 33.6 Å². The van der Waals surface area contributed by atoms with E-state index in [1.807, 2.05) is 6.92 Å². The predicted molar refractivity (Wildman–Crippen MR) is 70.7 cm³/mol. The number of amides is 1. The fourth-order valence-corrected chi connectivity index (χ4v) is 2.42. The van der Waals surface area contributed by atoms with Gasteiger partial charge in [-0.3, -0.25) is 9.59 Å². The summed E-state index contributed by atoms with van der Waals surface area (Å²) >= 11 is 0. The number of aliphatic carboxylic acids is 1. The summed E-state index contributed by atoms with van der Waals surface area (Å²) in [4.78, 5) is 36.7. The lowest BCUT2D eigenvalue weighted by Crippen LogP contribution is -2.47. The zero-order chi connectivity index (χ0) is 14.6. The molecule has 1 saturated heterocycles. The number of carbonyl (C=O) groups is 3. The van der Waals surface area contributed by atoms with Gasteiger partial charge >= 0.3 is 5.97 Å². The number of hydrogen-bond acceptors (Lipinski definition) is 3. The van der Waals surface area contributed by atoms with Crippen LogP contribution in [0.5, 0.6) is 0 Å². The topological polar surface area (TPSA) is 74.7 Å². The fourth-order valence-electron chi connectivity index (χ4n) is 2.42. The molecule has 1 heterocycles. The lowest BCUT2D eigenvalue weighted by molar-refractivity contribution is -0.154. The van der Waals surface area contributed by atoms with E-state index in [-0.39, 0.29) is 0 Å². The van der Waals surface area contributed by atoms with Crippen LogP contribution in [0.2, 0.25) is 0 Å². The van der Waals surface area contributed by atoms with Gasteiger partial charge in [-0.25, -0.2) is 4.79 Å². The Bertz CT molecular complexity index is 376. The van der Waals surface area contributed by atoms with Crippen LogP contribution in [0.25, 0.3) is 0 Å². The van der Waals surface area contributed by atoms with E-state index in [1.165, 1.54) is 4.90 Å². The fraction of sp³-hybridized carbons (Fsp3) is 0.786. The SMILES string of the molecule is CCCCC(C)(C)C(=O)C(=O)N1CCC[C@H]1C(=O)O. The molecule has 1 fully saturated rings. The van der Waals surface area contributed by atoms with Crippen molar-refractivity contribution in [2.75, 3.05) is 6.54 Å². The first-order valence-corrected chi connectivity index (χ1v) is 6.89. The Kier molecular flexibility index (Phi) is 5.09. The number of rotatable bonds is 6. The molecule has 0 spiro atoms. The zero-order valence-electron chi connectivity index (χ0n) is 11.9. The van der Waals surface area contributed by atoms with E-state index in [1.54, 1.807) is 13.8 Å². The second-order valence-electron chi connectivity index (χ2n) is 5.81. The quantitative estimate of drug-likeness (QED) is 0.747. The van der Waals surface area contributed by atoms with Crippen molar-refractivity contribution in [2.24, 2.45) is 5.41 Å². The molecule has 0 saturated carbocycles. The average Bonchev–Trinajstić information content (AvgIpc) is 2.83. The van der Waals surface area contributed by atoms with Crippen molar-refractivity contribution < 1.29 is 19.5 Å². The molecular weight excluding hydrogens is 246 g/mol. The molecule has 5 heteroatoms.